The van der Waals surface area contributed by atoms with Gasteiger partial charge in [-0.3, -0.25) is 9.59 Å². The Morgan fingerprint density at radius 3 is 2.58 bits per heavy atom. The van der Waals surface area contributed by atoms with Crippen LogP contribution in [0.5, 0.6) is 0 Å². The third-order valence-corrected chi connectivity index (χ3v) is 4.20. The van der Waals surface area contributed by atoms with Crippen molar-refractivity contribution in [2.45, 2.75) is 20.3 Å². The molecule has 0 radical (unpaired) electrons. The lowest BCUT2D eigenvalue weighted by atomic mass is 10.1. The lowest BCUT2D eigenvalue weighted by Crippen LogP contribution is -2.31. The van der Waals surface area contributed by atoms with Crippen LogP contribution in [0, 0.1) is 0 Å². The molecule has 0 aromatic heterocycles. The van der Waals surface area contributed by atoms with Gasteiger partial charge >= 0.3 is 0 Å². The van der Waals surface area contributed by atoms with E-state index in [1.54, 1.807) is 17.0 Å². The van der Waals surface area contributed by atoms with Crippen molar-refractivity contribution >= 4 is 28.9 Å². The van der Waals surface area contributed by atoms with Gasteiger partial charge in [0.1, 0.15) is 0 Å². The number of nitrogens with zero attached hydrogens (tertiary/aromatic N) is 2. The molecule has 2 amide bonds. The number of hydrogen-bond donors (Lipinski definition) is 1. The Bertz CT molecular complexity index is 844. The highest BCUT2D eigenvalue weighted by Gasteiger charge is 2.24. The first-order valence-corrected chi connectivity index (χ1v) is 8.47. The number of amides is 2. The van der Waals surface area contributed by atoms with E-state index in [2.05, 4.69) is 10.5 Å². The fraction of sp³-hybridized carbons (Fsp3) is 0.250. The second kappa shape index (κ2) is 7.82. The number of rotatable bonds is 5. The number of carbonyl (C=O) groups excluding carboxylic acids is 2. The predicted molar refractivity (Wildman–Crippen MR) is 101 cm³/mol. The molecule has 134 valence electrons. The normalized spacial score (nSPS) is 13.3. The molecule has 0 atom stereocenters. The van der Waals surface area contributed by atoms with Crippen LogP contribution in [0.3, 0.4) is 0 Å². The van der Waals surface area contributed by atoms with Crippen molar-refractivity contribution in [3.8, 4) is 0 Å². The Morgan fingerprint density at radius 2 is 1.85 bits per heavy atom. The van der Waals surface area contributed by atoms with Crippen molar-refractivity contribution in [3.05, 3.63) is 59.7 Å². The van der Waals surface area contributed by atoms with E-state index in [-0.39, 0.29) is 18.4 Å². The second-order valence-electron chi connectivity index (χ2n) is 6.13. The minimum absolute atomic E-state index is 0.102. The minimum Gasteiger partial charge on any atom is -0.385 e. The fourth-order valence-electron chi connectivity index (χ4n) is 2.91. The van der Waals surface area contributed by atoms with Crippen LogP contribution in [0.4, 0.5) is 11.4 Å². The molecule has 0 bridgehead atoms. The summed E-state index contributed by atoms with van der Waals surface area (Å²) >= 11 is 0. The molecular formula is C20H21N3O3. The highest BCUT2D eigenvalue weighted by Crippen LogP contribution is 2.27. The Hall–Kier alpha value is -3.15. The standard InChI is InChI=1S/C20H21N3O3/c1-14(16-7-9-18(10-8-16)21-15(2)24)22-26-13-20(25)23-12-11-17-5-3-4-6-19(17)23/h3-10H,11-13H2,1-2H3,(H,21,24)/b22-14+. The molecule has 1 aliphatic rings. The van der Waals surface area contributed by atoms with Gasteiger partial charge in [0.2, 0.25) is 5.91 Å². The highest BCUT2D eigenvalue weighted by atomic mass is 16.6. The lowest BCUT2D eigenvalue weighted by molar-refractivity contribution is -0.123. The molecule has 1 N–H and O–H groups in total. The zero-order valence-corrected chi connectivity index (χ0v) is 14.9. The highest BCUT2D eigenvalue weighted by molar-refractivity contribution is 5.99. The second-order valence-corrected chi connectivity index (χ2v) is 6.13. The zero-order chi connectivity index (χ0) is 18.5. The third-order valence-electron chi connectivity index (χ3n) is 4.20. The van der Waals surface area contributed by atoms with Crippen LogP contribution in [-0.4, -0.2) is 30.7 Å². The Morgan fingerprint density at radius 1 is 1.12 bits per heavy atom. The topological polar surface area (TPSA) is 71.0 Å². The van der Waals surface area contributed by atoms with E-state index in [4.69, 9.17) is 4.84 Å². The molecule has 0 saturated carbocycles. The average Bonchev–Trinajstić information content (AvgIpc) is 3.06. The number of anilines is 2. The summed E-state index contributed by atoms with van der Waals surface area (Å²) in [7, 11) is 0. The third kappa shape index (κ3) is 4.08. The van der Waals surface area contributed by atoms with Crippen molar-refractivity contribution < 1.29 is 14.4 Å². The lowest BCUT2D eigenvalue weighted by Gasteiger charge is -2.16. The molecule has 0 saturated heterocycles. The monoisotopic (exact) mass is 351 g/mol. The van der Waals surface area contributed by atoms with E-state index in [9.17, 15) is 9.59 Å². The molecule has 6 nitrogen and oxygen atoms in total. The number of oxime groups is 1. The summed E-state index contributed by atoms with van der Waals surface area (Å²) in [5.41, 5.74) is 4.38. The largest absolute Gasteiger partial charge is 0.385 e. The summed E-state index contributed by atoms with van der Waals surface area (Å²) in [6.45, 7) is 3.85. The maximum Gasteiger partial charge on any atom is 0.267 e. The number of fused-ring (bicyclic) bond motifs is 1. The van der Waals surface area contributed by atoms with Crippen LogP contribution in [0.1, 0.15) is 25.0 Å². The molecule has 0 fully saturated rings. The van der Waals surface area contributed by atoms with Gasteiger partial charge in [-0.1, -0.05) is 35.5 Å². The molecule has 1 heterocycles. The molecular weight excluding hydrogens is 330 g/mol. The average molecular weight is 351 g/mol. The van der Waals surface area contributed by atoms with Crippen LogP contribution in [0.15, 0.2) is 53.7 Å². The summed E-state index contributed by atoms with van der Waals surface area (Å²) in [5, 5.41) is 6.74. The van der Waals surface area contributed by atoms with Crippen LogP contribution in [-0.2, 0) is 20.8 Å². The zero-order valence-electron chi connectivity index (χ0n) is 14.9. The summed E-state index contributed by atoms with van der Waals surface area (Å²) < 4.78 is 0. The number of para-hydroxylation sites is 1. The number of carbonyl (C=O) groups is 2. The quantitative estimate of drug-likeness (QED) is 0.665. The first-order chi connectivity index (χ1) is 12.5. The van der Waals surface area contributed by atoms with Gasteiger partial charge in [-0.25, -0.2) is 0 Å². The van der Waals surface area contributed by atoms with Gasteiger partial charge in [0.05, 0.1) is 5.71 Å². The van der Waals surface area contributed by atoms with Gasteiger partial charge < -0.3 is 15.1 Å². The van der Waals surface area contributed by atoms with Gasteiger partial charge in [0.15, 0.2) is 6.61 Å². The molecule has 0 unspecified atom stereocenters. The Labute approximate surface area is 152 Å². The van der Waals surface area contributed by atoms with Crippen LogP contribution in [0.25, 0.3) is 0 Å². The molecule has 3 rings (SSSR count). The Kier molecular flexibility index (Phi) is 5.31. The smallest absolute Gasteiger partial charge is 0.267 e. The van der Waals surface area contributed by atoms with E-state index < -0.39 is 0 Å². The van der Waals surface area contributed by atoms with E-state index >= 15 is 0 Å². The molecule has 0 aliphatic carbocycles. The number of nitrogens with one attached hydrogen (secondary N) is 1. The Balaban J connectivity index is 1.56. The number of hydrogen-bond acceptors (Lipinski definition) is 4. The van der Waals surface area contributed by atoms with Crippen LogP contribution in [0.2, 0.25) is 0 Å². The summed E-state index contributed by atoms with van der Waals surface area (Å²) in [5.74, 6) is -0.221. The molecule has 26 heavy (non-hydrogen) atoms. The maximum absolute atomic E-state index is 12.4. The van der Waals surface area contributed by atoms with Crippen molar-refractivity contribution in [1.82, 2.24) is 0 Å². The van der Waals surface area contributed by atoms with Crippen LogP contribution >= 0.6 is 0 Å². The van der Waals surface area contributed by atoms with Crippen molar-refractivity contribution in [3.63, 3.8) is 0 Å². The molecule has 6 heteroatoms. The maximum atomic E-state index is 12.4. The fourth-order valence-corrected chi connectivity index (χ4v) is 2.91. The molecule has 2 aromatic rings. The first-order valence-electron chi connectivity index (χ1n) is 8.47. The van der Waals surface area contributed by atoms with E-state index in [0.717, 1.165) is 23.4 Å². The summed E-state index contributed by atoms with van der Waals surface area (Å²) in [6.07, 6.45) is 0.866. The first kappa shape index (κ1) is 17.7. The van der Waals surface area contributed by atoms with Gasteiger partial charge in [0, 0.05) is 24.8 Å². The van der Waals surface area contributed by atoms with Crippen molar-refractivity contribution in [2.75, 3.05) is 23.4 Å². The van der Waals surface area contributed by atoms with E-state index in [0.29, 0.717) is 12.3 Å². The molecule has 1 aliphatic heterocycles. The summed E-state index contributed by atoms with van der Waals surface area (Å²) in [4.78, 5) is 30.4. The SMILES string of the molecule is CC(=O)Nc1ccc(/C(C)=N/OCC(=O)N2CCc3ccccc32)cc1. The van der Waals surface area contributed by atoms with Crippen molar-refractivity contribution in [2.24, 2.45) is 5.16 Å². The predicted octanol–water partition coefficient (Wildman–Crippen LogP) is 2.97. The molecule has 2 aromatic carbocycles. The number of benzene rings is 2. The van der Waals surface area contributed by atoms with Gasteiger partial charge in [-0.05, 0) is 42.7 Å². The van der Waals surface area contributed by atoms with E-state index in [1.807, 2.05) is 43.3 Å². The van der Waals surface area contributed by atoms with Crippen molar-refractivity contribution in [1.29, 1.82) is 0 Å². The van der Waals surface area contributed by atoms with Gasteiger partial charge in [0.25, 0.3) is 5.91 Å². The molecule has 0 spiro atoms. The summed E-state index contributed by atoms with van der Waals surface area (Å²) in [6, 6.07) is 15.2. The minimum atomic E-state index is -0.117. The van der Waals surface area contributed by atoms with Gasteiger partial charge in [-0.2, -0.15) is 0 Å². The van der Waals surface area contributed by atoms with Gasteiger partial charge in [-0.15, -0.1) is 0 Å². The van der Waals surface area contributed by atoms with E-state index in [1.165, 1.54) is 12.5 Å². The van der Waals surface area contributed by atoms with Crippen LogP contribution < -0.4 is 10.2 Å².